The molecule has 4 atom stereocenters. The van der Waals surface area contributed by atoms with Crippen molar-refractivity contribution in [2.45, 2.75) is 102 Å². The van der Waals surface area contributed by atoms with Gasteiger partial charge in [0.15, 0.2) is 12.0 Å². The van der Waals surface area contributed by atoms with E-state index in [1.54, 1.807) is 0 Å². The van der Waals surface area contributed by atoms with Crippen molar-refractivity contribution in [2.75, 3.05) is 26.2 Å². The summed E-state index contributed by atoms with van der Waals surface area (Å²) in [7, 11) is 0. The molecule has 0 bridgehead atoms. The molecular formula is C27H37BrClN5O5. The van der Waals surface area contributed by atoms with Gasteiger partial charge in [-0.1, -0.05) is 11.6 Å². The van der Waals surface area contributed by atoms with Crippen LogP contribution in [0.5, 0.6) is 0 Å². The van der Waals surface area contributed by atoms with Crippen LogP contribution in [0.3, 0.4) is 0 Å². The summed E-state index contributed by atoms with van der Waals surface area (Å²) in [4.78, 5) is 25.7. The van der Waals surface area contributed by atoms with Gasteiger partial charge in [-0.2, -0.15) is 0 Å². The summed E-state index contributed by atoms with van der Waals surface area (Å²) in [6.45, 7) is 12.7. The molecule has 0 radical (unpaired) electrons. The largest absolute Gasteiger partial charge is 0.444 e. The van der Waals surface area contributed by atoms with E-state index in [1.807, 2.05) is 50.3 Å². The van der Waals surface area contributed by atoms with E-state index in [2.05, 4.69) is 30.8 Å². The van der Waals surface area contributed by atoms with Gasteiger partial charge < -0.3 is 28.4 Å². The van der Waals surface area contributed by atoms with Crippen molar-refractivity contribution >= 4 is 44.7 Å². The molecule has 0 aromatic carbocycles. The highest BCUT2D eigenvalue weighted by Crippen LogP contribution is 2.47. The van der Waals surface area contributed by atoms with Crippen molar-refractivity contribution in [3.8, 4) is 0 Å². The maximum Gasteiger partial charge on any atom is 0.410 e. The maximum absolute atomic E-state index is 12.7. The number of carbonyl (C=O) groups excluding carboxylic acids is 1. The first-order chi connectivity index (χ1) is 18.4. The van der Waals surface area contributed by atoms with Crippen LogP contribution in [-0.2, 0) is 18.9 Å². The lowest BCUT2D eigenvalue weighted by atomic mass is 9.84. The Kier molecular flexibility index (Phi) is 6.95. The molecule has 4 aliphatic heterocycles. The Bertz CT molecular complexity index is 1260. The van der Waals surface area contributed by atoms with Gasteiger partial charge in [0.1, 0.15) is 41.0 Å². The van der Waals surface area contributed by atoms with Gasteiger partial charge in [-0.3, -0.25) is 4.90 Å². The molecule has 6 heterocycles. The molecule has 39 heavy (non-hydrogen) atoms. The summed E-state index contributed by atoms with van der Waals surface area (Å²) in [6, 6.07) is 0. The number of likely N-dealkylation sites (tertiary alicyclic amines) is 2. The second kappa shape index (κ2) is 9.80. The lowest BCUT2D eigenvalue weighted by Crippen LogP contribution is -2.56. The Morgan fingerprint density at radius 2 is 1.87 bits per heavy atom. The molecule has 0 aliphatic carbocycles. The summed E-state index contributed by atoms with van der Waals surface area (Å²) in [5.41, 5.74) is 0.244. The SMILES string of the molecule is CC(C)(C)OC(=O)N1CCC2(CCCN2C[C@H]2O[C@@H](n3cc(Br)c4c(Cl)ncnc43)[C@@H]3OC(C)(C)O[C@@H]32)CC1. The van der Waals surface area contributed by atoms with Crippen LogP contribution < -0.4 is 0 Å². The third kappa shape index (κ3) is 5.08. The van der Waals surface area contributed by atoms with Crippen LogP contribution in [0.2, 0.25) is 5.15 Å². The Hall–Kier alpha value is -1.50. The minimum atomic E-state index is -0.718. The predicted octanol–water partition coefficient (Wildman–Crippen LogP) is 5.13. The monoisotopic (exact) mass is 625 g/mol. The second-order valence-electron chi connectivity index (χ2n) is 12.6. The van der Waals surface area contributed by atoms with E-state index in [4.69, 9.17) is 30.5 Å². The summed E-state index contributed by atoms with van der Waals surface area (Å²) in [5.74, 6) is -0.718. The quantitative estimate of drug-likeness (QED) is 0.433. The van der Waals surface area contributed by atoms with Crippen LogP contribution in [0.1, 0.15) is 66.5 Å². The summed E-state index contributed by atoms with van der Waals surface area (Å²) in [6.07, 6.45) is 6.14. The fourth-order valence-corrected chi connectivity index (χ4v) is 7.65. The smallest absolute Gasteiger partial charge is 0.410 e. The van der Waals surface area contributed by atoms with Crippen molar-refractivity contribution < 1.29 is 23.7 Å². The molecule has 0 N–H and O–H groups in total. The first kappa shape index (κ1) is 27.7. The van der Waals surface area contributed by atoms with Crippen LogP contribution in [0.15, 0.2) is 17.0 Å². The molecule has 2 aromatic heterocycles. The zero-order chi connectivity index (χ0) is 27.7. The molecule has 1 spiro atoms. The molecule has 0 saturated carbocycles. The van der Waals surface area contributed by atoms with Gasteiger partial charge in [0, 0.05) is 35.8 Å². The lowest BCUT2D eigenvalue weighted by molar-refractivity contribution is -0.199. The number of ether oxygens (including phenoxy) is 4. The Balaban J connectivity index is 1.21. The number of rotatable bonds is 3. The number of aromatic nitrogens is 3. The van der Waals surface area contributed by atoms with Crippen LogP contribution >= 0.6 is 27.5 Å². The van der Waals surface area contributed by atoms with E-state index in [9.17, 15) is 4.79 Å². The van der Waals surface area contributed by atoms with Gasteiger partial charge in [-0.05, 0) is 82.8 Å². The van der Waals surface area contributed by atoms with E-state index < -0.39 is 17.6 Å². The highest BCUT2D eigenvalue weighted by atomic mass is 79.9. The zero-order valence-corrected chi connectivity index (χ0v) is 25.5. The molecule has 6 rings (SSSR count). The number of carbonyl (C=O) groups is 1. The van der Waals surface area contributed by atoms with E-state index in [1.165, 1.54) is 6.33 Å². The topological polar surface area (TPSA) is 91.2 Å². The summed E-state index contributed by atoms with van der Waals surface area (Å²) < 4.78 is 28.0. The fourth-order valence-electron chi connectivity index (χ4n) is 6.72. The van der Waals surface area contributed by atoms with Crippen molar-refractivity contribution in [1.29, 1.82) is 0 Å². The first-order valence-corrected chi connectivity index (χ1v) is 14.9. The number of fused-ring (bicyclic) bond motifs is 2. The number of nitrogens with zero attached hydrogens (tertiary/aromatic N) is 5. The molecule has 4 aliphatic rings. The Morgan fingerprint density at radius 3 is 2.59 bits per heavy atom. The van der Waals surface area contributed by atoms with Gasteiger partial charge in [0.25, 0.3) is 0 Å². The van der Waals surface area contributed by atoms with Gasteiger partial charge in [0.05, 0.1) is 5.39 Å². The van der Waals surface area contributed by atoms with Gasteiger partial charge in [-0.15, -0.1) is 0 Å². The normalized spacial score (nSPS) is 30.4. The Labute approximate surface area is 242 Å². The van der Waals surface area contributed by atoms with E-state index >= 15 is 0 Å². The van der Waals surface area contributed by atoms with Gasteiger partial charge >= 0.3 is 6.09 Å². The standard InChI is InChI=1S/C27H37BrClN5O5/c1-25(2,3)39-24(35)32-11-8-27(9-12-32)7-6-10-33(27)14-17-19-20(38-26(4,5)37-19)23(36-17)34-13-16(28)18-21(29)30-15-31-22(18)34/h13,15,17,19-20,23H,6-12,14H2,1-5H3/t17-,19-,20-,23-/m1/s1. The highest BCUT2D eigenvalue weighted by Gasteiger charge is 2.57. The number of piperidine rings is 1. The summed E-state index contributed by atoms with van der Waals surface area (Å²) in [5, 5.41) is 1.13. The molecule has 2 aromatic rings. The molecule has 4 saturated heterocycles. The minimum absolute atomic E-state index is 0.0500. The number of hydrogen-bond donors (Lipinski definition) is 0. The lowest BCUT2D eigenvalue weighted by Gasteiger charge is -2.46. The number of amides is 1. The molecular weight excluding hydrogens is 590 g/mol. The molecule has 1 amide bonds. The highest BCUT2D eigenvalue weighted by molar-refractivity contribution is 9.10. The Morgan fingerprint density at radius 1 is 1.15 bits per heavy atom. The summed E-state index contributed by atoms with van der Waals surface area (Å²) >= 11 is 10.0. The first-order valence-electron chi connectivity index (χ1n) is 13.8. The molecule has 4 fully saturated rings. The second-order valence-corrected chi connectivity index (χ2v) is 13.8. The molecule has 0 unspecified atom stereocenters. The maximum atomic E-state index is 12.7. The molecule has 214 valence electrons. The predicted molar refractivity (Wildman–Crippen MR) is 149 cm³/mol. The van der Waals surface area contributed by atoms with Crippen molar-refractivity contribution in [1.82, 2.24) is 24.3 Å². The third-order valence-corrected chi connectivity index (χ3v) is 9.29. The minimum Gasteiger partial charge on any atom is -0.444 e. The molecule has 12 heteroatoms. The van der Waals surface area contributed by atoms with Crippen molar-refractivity contribution in [3.05, 3.63) is 22.1 Å². The zero-order valence-electron chi connectivity index (χ0n) is 23.2. The van der Waals surface area contributed by atoms with Crippen LogP contribution in [0, 0.1) is 0 Å². The average molecular weight is 627 g/mol. The number of hydrogen-bond acceptors (Lipinski definition) is 8. The average Bonchev–Trinajstić information content (AvgIpc) is 3.56. The van der Waals surface area contributed by atoms with Gasteiger partial charge in [0.2, 0.25) is 0 Å². The molecule has 10 nitrogen and oxygen atoms in total. The van der Waals surface area contributed by atoms with Gasteiger partial charge in [-0.25, -0.2) is 14.8 Å². The van der Waals surface area contributed by atoms with E-state index in [0.717, 1.165) is 48.6 Å². The van der Waals surface area contributed by atoms with Crippen LogP contribution in [0.4, 0.5) is 4.79 Å². The van der Waals surface area contributed by atoms with Crippen LogP contribution in [0.25, 0.3) is 11.0 Å². The third-order valence-electron chi connectivity index (χ3n) is 8.40. The van der Waals surface area contributed by atoms with E-state index in [-0.39, 0.29) is 29.9 Å². The van der Waals surface area contributed by atoms with Crippen molar-refractivity contribution in [2.24, 2.45) is 0 Å². The van der Waals surface area contributed by atoms with Crippen molar-refractivity contribution in [3.63, 3.8) is 0 Å². The number of halogens is 2. The van der Waals surface area contributed by atoms with Crippen LogP contribution in [-0.4, -0.2) is 91.8 Å². The fraction of sp³-hybridized carbons (Fsp3) is 0.741. The van der Waals surface area contributed by atoms with E-state index in [0.29, 0.717) is 23.9 Å².